The van der Waals surface area contributed by atoms with E-state index in [0.29, 0.717) is 15.4 Å². The summed E-state index contributed by atoms with van der Waals surface area (Å²) in [7, 11) is 0. The van der Waals surface area contributed by atoms with Crippen LogP contribution in [0.4, 0.5) is 5.69 Å². The molecule has 22 heavy (non-hydrogen) atoms. The fourth-order valence-corrected chi connectivity index (χ4v) is 2.68. The molecule has 0 bridgehead atoms. The van der Waals surface area contributed by atoms with Gasteiger partial charge in [0.2, 0.25) is 5.89 Å². The van der Waals surface area contributed by atoms with Gasteiger partial charge in [0.15, 0.2) is 3.77 Å². The van der Waals surface area contributed by atoms with Gasteiger partial charge in [0.25, 0.3) is 5.69 Å². The molecule has 2 aromatic carbocycles. The highest BCUT2D eigenvalue weighted by atomic mass is 127. The number of non-ortho nitro benzene ring substituents is 1. The van der Waals surface area contributed by atoms with E-state index in [1.807, 2.05) is 31.2 Å². The molecule has 3 aromatic rings. The summed E-state index contributed by atoms with van der Waals surface area (Å²) < 4.78 is 6.37. The van der Waals surface area contributed by atoms with E-state index in [1.54, 1.807) is 12.1 Å². The number of rotatable bonds is 3. The summed E-state index contributed by atoms with van der Waals surface area (Å²) >= 11 is 2.08. The zero-order valence-electron chi connectivity index (χ0n) is 11.6. The molecule has 0 aliphatic heterocycles. The highest BCUT2D eigenvalue weighted by Crippen LogP contribution is 2.31. The molecule has 0 amide bonds. The minimum atomic E-state index is -0.421. The Bertz CT molecular complexity index is 824. The van der Waals surface area contributed by atoms with Gasteiger partial charge in [0.1, 0.15) is 5.69 Å². The van der Waals surface area contributed by atoms with Crippen LogP contribution in [0.3, 0.4) is 0 Å². The van der Waals surface area contributed by atoms with Crippen molar-refractivity contribution in [3.8, 4) is 22.7 Å². The van der Waals surface area contributed by atoms with E-state index in [2.05, 4.69) is 27.6 Å². The zero-order chi connectivity index (χ0) is 15.7. The van der Waals surface area contributed by atoms with Gasteiger partial charge in [-0.15, -0.1) is 0 Å². The van der Waals surface area contributed by atoms with Crippen LogP contribution in [0.5, 0.6) is 0 Å². The molecule has 0 atom stereocenters. The molecule has 0 aliphatic rings. The van der Waals surface area contributed by atoms with Crippen molar-refractivity contribution < 1.29 is 9.34 Å². The molecule has 0 aliphatic carbocycles. The first-order valence-corrected chi connectivity index (χ1v) is 7.60. The lowest BCUT2D eigenvalue weighted by atomic mass is 10.1. The first kappa shape index (κ1) is 14.7. The van der Waals surface area contributed by atoms with Gasteiger partial charge in [-0.25, -0.2) is 4.98 Å². The Morgan fingerprint density at radius 3 is 2.23 bits per heavy atom. The van der Waals surface area contributed by atoms with Crippen LogP contribution in [0.15, 0.2) is 52.9 Å². The molecule has 3 rings (SSSR count). The van der Waals surface area contributed by atoms with Crippen molar-refractivity contribution in [1.82, 2.24) is 4.98 Å². The molecule has 0 saturated heterocycles. The predicted molar refractivity (Wildman–Crippen MR) is 91.5 cm³/mol. The summed E-state index contributed by atoms with van der Waals surface area (Å²) in [5.74, 6) is 0.540. The number of aromatic nitrogens is 1. The number of nitro groups is 1. The van der Waals surface area contributed by atoms with Gasteiger partial charge < -0.3 is 4.42 Å². The molecule has 5 nitrogen and oxygen atoms in total. The van der Waals surface area contributed by atoms with Crippen molar-refractivity contribution in [2.24, 2.45) is 0 Å². The van der Waals surface area contributed by atoms with Crippen LogP contribution in [-0.4, -0.2) is 9.91 Å². The summed E-state index contributed by atoms with van der Waals surface area (Å²) in [6, 6.07) is 14.2. The van der Waals surface area contributed by atoms with E-state index < -0.39 is 4.92 Å². The number of aryl methyl sites for hydroxylation is 1. The highest BCUT2D eigenvalue weighted by molar-refractivity contribution is 14.1. The summed E-state index contributed by atoms with van der Waals surface area (Å²) in [6.07, 6.45) is 0. The Morgan fingerprint density at radius 2 is 1.64 bits per heavy atom. The largest absolute Gasteiger partial charge is 0.430 e. The molecule has 0 radical (unpaired) electrons. The van der Waals surface area contributed by atoms with Crippen molar-refractivity contribution in [2.45, 2.75) is 6.92 Å². The van der Waals surface area contributed by atoms with Gasteiger partial charge >= 0.3 is 0 Å². The molecule has 0 spiro atoms. The van der Waals surface area contributed by atoms with Crippen LogP contribution in [0.2, 0.25) is 0 Å². The van der Waals surface area contributed by atoms with Gasteiger partial charge in [-0.1, -0.05) is 17.7 Å². The van der Waals surface area contributed by atoms with Crippen molar-refractivity contribution in [3.63, 3.8) is 0 Å². The number of hydrogen-bond donors (Lipinski definition) is 0. The number of nitrogens with zero attached hydrogens (tertiary/aromatic N) is 2. The summed E-state index contributed by atoms with van der Waals surface area (Å²) in [5.41, 5.74) is 3.60. The van der Waals surface area contributed by atoms with E-state index in [1.165, 1.54) is 17.7 Å². The minimum absolute atomic E-state index is 0.0565. The van der Waals surface area contributed by atoms with Gasteiger partial charge in [0.05, 0.1) is 4.92 Å². The first-order valence-electron chi connectivity index (χ1n) is 6.53. The second kappa shape index (κ2) is 5.88. The summed E-state index contributed by atoms with van der Waals surface area (Å²) in [6.45, 7) is 2.02. The lowest BCUT2D eigenvalue weighted by molar-refractivity contribution is -0.384. The van der Waals surface area contributed by atoms with E-state index in [-0.39, 0.29) is 5.69 Å². The molecular formula is C16H11IN2O3. The molecule has 0 saturated carbocycles. The van der Waals surface area contributed by atoms with Crippen LogP contribution >= 0.6 is 22.6 Å². The minimum Gasteiger partial charge on any atom is -0.430 e. The smallest absolute Gasteiger partial charge is 0.269 e. The van der Waals surface area contributed by atoms with Crippen molar-refractivity contribution >= 4 is 28.3 Å². The maximum atomic E-state index is 10.7. The average Bonchev–Trinajstić information content (AvgIpc) is 2.90. The van der Waals surface area contributed by atoms with Crippen LogP contribution in [0.25, 0.3) is 22.7 Å². The SMILES string of the molecule is Cc1ccc(-c2nc(-c3ccc([N+](=O)[O-])cc3)c(I)o2)cc1. The van der Waals surface area contributed by atoms with Gasteiger partial charge in [0, 0.05) is 45.9 Å². The van der Waals surface area contributed by atoms with E-state index in [0.717, 1.165) is 11.1 Å². The third-order valence-corrected chi connectivity index (χ3v) is 3.97. The van der Waals surface area contributed by atoms with Crippen molar-refractivity contribution in [1.29, 1.82) is 0 Å². The monoisotopic (exact) mass is 406 g/mol. The van der Waals surface area contributed by atoms with Crippen LogP contribution in [0.1, 0.15) is 5.56 Å². The number of hydrogen-bond acceptors (Lipinski definition) is 4. The van der Waals surface area contributed by atoms with E-state index in [4.69, 9.17) is 4.42 Å². The van der Waals surface area contributed by atoms with E-state index in [9.17, 15) is 10.1 Å². The van der Waals surface area contributed by atoms with Crippen LogP contribution in [0, 0.1) is 20.8 Å². The Morgan fingerprint density at radius 1 is 1.05 bits per heavy atom. The number of oxazole rings is 1. The Labute approximate surface area is 140 Å². The molecular weight excluding hydrogens is 395 g/mol. The molecule has 0 unspecified atom stereocenters. The fraction of sp³-hybridized carbons (Fsp3) is 0.0625. The van der Waals surface area contributed by atoms with Crippen molar-refractivity contribution in [2.75, 3.05) is 0 Å². The lowest BCUT2D eigenvalue weighted by Crippen LogP contribution is -1.88. The summed E-state index contributed by atoms with van der Waals surface area (Å²) in [5, 5.41) is 10.7. The normalized spacial score (nSPS) is 10.6. The molecule has 1 aromatic heterocycles. The van der Waals surface area contributed by atoms with Crippen LogP contribution < -0.4 is 0 Å². The second-order valence-corrected chi connectivity index (χ2v) is 5.79. The predicted octanol–water partition coefficient (Wildman–Crippen LogP) is 4.83. The van der Waals surface area contributed by atoms with Gasteiger partial charge in [-0.05, 0) is 31.2 Å². The van der Waals surface area contributed by atoms with Gasteiger partial charge in [-0.2, -0.15) is 0 Å². The molecule has 6 heteroatoms. The Balaban J connectivity index is 1.98. The maximum absolute atomic E-state index is 10.7. The van der Waals surface area contributed by atoms with Gasteiger partial charge in [-0.3, -0.25) is 10.1 Å². The number of nitro benzene ring substituents is 1. The zero-order valence-corrected chi connectivity index (χ0v) is 13.8. The average molecular weight is 406 g/mol. The standard InChI is InChI=1S/C16H11IN2O3/c1-10-2-4-12(5-3-10)16-18-14(15(17)22-16)11-6-8-13(9-7-11)19(20)21/h2-9H,1H3. The highest BCUT2D eigenvalue weighted by Gasteiger charge is 2.15. The Kier molecular flexibility index (Phi) is 3.93. The number of halogens is 1. The van der Waals surface area contributed by atoms with Crippen LogP contribution in [-0.2, 0) is 0 Å². The summed E-state index contributed by atoms with van der Waals surface area (Å²) in [4.78, 5) is 14.8. The van der Waals surface area contributed by atoms with E-state index >= 15 is 0 Å². The lowest BCUT2D eigenvalue weighted by Gasteiger charge is -1.96. The fourth-order valence-electron chi connectivity index (χ4n) is 2.04. The van der Waals surface area contributed by atoms with Crippen molar-refractivity contribution in [3.05, 3.63) is 68.0 Å². The second-order valence-electron chi connectivity index (χ2n) is 4.81. The Hall–Kier alpha value is -2.22. The topological polar surface area (TPSA) is 69.2 Å². The quantitative estimate of drug-likeness (QED) is 0.355. The maximum Gasteiger partial charge on any atom is 0.269 e. The molecule has 0 fully saturated rings. The number of benzene rings is 2. The third-order valence-electron chi connectivity index (χ3n) is 3.24. The molecule has 110 valence electrons. The first-order chi connectivity index (χ1) is 10.5. The molecule has 0 N–H and O–H groups in total. The third kappa shape index (κ3) is 2.87. The molecule has 1 heterocycles.